The second-order valence-electron chi connectivity index (χ2n) is 5.68. The number of benzene rings is 1. The minimum Gasteiger partial charge on any atom is -0.494 e. The van der Waals surface area contributed by atoms with E-state index in [2.05, 4.69) is 6.92 Å². The number of carbonyl (C=O) groups excluding carboxylic acids is 2. The first kappa shape index (κ1) is 18.6. The van der Waals surface area contributed by atoms with Crippen molar-refractivity contribution in [3.63, 3.8) is 0 Å². The third-order valence-corrected chi connectivity index (χ3v) is 4.74. The van der Waals surface area contributed by atoms with Crippen LogP contribution in [0.1, 0.15) is 43.5 Å². The molecular weight excluding hydrogens is 326 g/mol. The molecule has 1 aliphatic heterocycles. The minimum absolute atomic E-state index is 0.140. The van der Waals surface area contributed by atoms with Crippen molar-refractivity contribution in [2.75, 3.05) is 24.8 Å². The SMILES string of the molecule is CCCCOc1ccc(C(=O)N2CSCC2C(=O)OCCC)cc1. The van der Waals surface area contributed by atoms with Crippen LogP contribution in [-0.4, -0.2) is 47.7 Å². The number of esters is 1. The fraction of sp³-hybridized carbons (Fsp3) is 0.556. The van der Waals surface area contributed by atoms with Crippen molar-refractivity contribution in [3.8, 4) is 5.75 Å². The summed E-state index contributed by atoms with van der Waals surface area (Å²) in [6.07, 6.45) is 2.87. The second kappa shape index (κ2) is 9.57. The van der Waals surface area contributed by atoms with E-state index in [1.165, 1.54) is 0 Å². The molecule has 1 aliphatic rings. The second-order valence-corrected chi connectivity index (χ2v) is 6.68. The van der Waals surface area contributed by atoms with Gasteiger partial charge in [0, 0.05) is 11.3 Å². The van der Waals surface area contributed by atoms with Crippen molar-refractivity contribution in [1.82, 2.24) is 4.90 Å². The maximum absolute atomic E-state index is 12.7. The molecule has 1 fully saturated rings. The number of hydrogen-bond donors (Lipinski definition) is 0. The first-order valence-corrected chi connectivity index (χ1v) is 9.61. The highest BCUT2D eigenvalue weighted by atomic mass is 32.2. The van der Waals surface area contributed by atoms with Crippen LogP contribution in [0.5, 0.6) is 5.75 Å². The summed E-state index contributed by atoms with van der Waals surface area (Å²) in [6, 6.07) is 6.62. The first-order chi connectivity index (χ1) is 11.7. The smallest absolute Gasteiger partial charge is 0.329 e. The molecule has 0 aromatic heterocycles. The Morgan fingerprint density at radius 2 is 1.92 bits per heavy atom. The van der Waals surface area contributed by atoms with Crippen LogP contribution >= 0.6 is 11.8 Å². The summed E-state index contributed by atoms with van der Waals surface area (Å²) in [5.74, 6) is 1.41. The third kappa shape index (κ3) is 4.90. The van der Waals surface area contributed by atoms with Gasteiger partial charge in [-0.1, -0.05) is 20.3 Å². The van der Waals surface area contributed by atoms with Gasteiger partial charge < -0.3 is 14.4 Å². The van der Waals surface area contributed by atoms with E-state index in [0.717, 1.165) is 25.0 Å². The Labute approximate surface area is 147 Å². The van der Waals surface area contributed by atoms with Crippen molar-refractivity contribution in [3.05, 3.63) is 29.8 Å². The molecule has 6 heteroatoms. The Morgan fingerprint density at radius 3 is 2.58 bits per heavy atom. The minimum atomic E-state index is -0.491. The Morgan fingerprint density at radius 1 is 1.17 bits per heavy atom. The van der Waals surface area contributed by atoms with Crippen LogP contribution in [0.15, 0.2) is 24.3 Å². The van der Waals surface area contributed by atoms with E-state index in [0.29, 0.717) is 30.4 Å². The molecule has 1 atom stereocenters. The molecule has 0 N–H and O–H groups in total. The fourth-order valence-corrected chi connectivity index (χ4v) is 3.47. The molecule has 0 spiro atoms. The molecule has 1 heterocycles. The summed E-state index contributed by atoms with van der Waals surface area (Å²) in [5, 5.41) is 0. The quantitative estimate of drug-likeness (QED) is 0.531. The van der Waals surface area contributed by atoms with E-state index >= 15 is 0 Å². The van der Waals surface area contributed by atoms with E-state index < -0.39 is 6.04 Å². The molecule has 2 rings (SSSR count). The maximum atomic E-state index is 12.7. The number of rotatable bonds is 8. The lowest BCUT2D eigenvalue weighted by Crippen LogP contribution is -2.42. The molecule has 0 radical (unpaired) electrons. The largest absolute Gasteiger partial charge is 0.494 e. The molecule has 0 saturated carbocycles. The summed E-state index contributed by atoms with van der Waals surface area (Å²) in [5.41, 5.74) is 0.564. The Balaban J connectivity index is 1.98. The first-order valence-electron chi connectivity index (χ1n) is 8.45. The van der Waals surface area contributed by atoms with Gasteiger partial charge in [-0.2, -0.15) is 0 Å². The molecule has 0 bridgehead atoms. The van der Waals surface area contributed by atoms with Crippen LogP contribution in [0, 0.1) is 0 Å². The Kier molecular flexibility index (Phi) is 7.43. The lowest BCUT2D eigenvalue weighted by atomic mass is 10.1. The van der Waals surface area contributed by atoms with Gasteiger partial charge in [-0.15, -0.1) is 11.8 Å². The van der Waals surface area contributed by atoms with Crippen molar-refractivity contribution in [2.24, 2.45) is 0 Å². The van der Waals surface area contributed by atoms with Gasteiger partial charge in [-0.3, -0.25) is 4.79 Å². The number of thioether (sulfide) groups is 1. The number of carbonyl (C=O) groups is 2. The zero-order chi connectivity index (χ0) is 17.4. The third-order valence-electron chi connectivity index (χ3n) is 3.73. The molecule has 1 aromatic carbocycles. The van der Waals surface area contributed by atoms with Gasteiger partial charge in [0.15, 0.2) is 0 Å². The molecule has 0 aliphatic carbocycles. The average molecular weight is 351 g/mol. The molecule has 5 nitrogen and oxygen atoms in total. The van der Waals surface area contributed by atoms with Gasteiger partial charge in [-0.05, 0) is 37.1 Å². The highest BCUT2D eigenvalue weighted by molar-refractivity contribution is 7.99. The predicted octanol–water partition coefficient (Wildman–Crippen LogP) is 3.33. The standard InChI is InChI=1S/C18H25NO4S/c1-3-5-11-22-15-8-6-14(7-9-15)17(20)19-13-24-12-16(19)18(21)23-10-4-2/h6-9,16H,3-5,10-13H2,1-2H3. The van der Waals surface area contributed by atoms with Gasteiger partial charge in [0.25, 0.3) is 5.91 Å². The number of hydrogen-bond acceptors (Lipinski definition) is 5. The monoisotopic (exact) mass is 351 g/mol. The summed E-state index contributed by atoms with van der Waals surface area (Å²) in [4.78, 5) is 26.4. The summed E-state index contributed by atoms with van der Waals surface area (Å²) < 4.78 is 10.8. The molecule has 132 valence electrons. The Bertz CT molecular complexity index is 546. The maximum Gasteiger partial charge on any atom is 0.329 e. The normalized spacial score (nSPS) is 16.9. The summed E-state index contributed by atoms with van der Waals surface area (Å²) in [6.45, 7) is 5.13. The van der Waals surface area contributed by atoms with Gasteiger partial charge in [0.05, 0.1) is 19.1 Å². The van der Waals surface area contributed by atoms with Gasteiger partial charge in [0.1, 0.15) is 11.8 Å². The highest BCUT2D eigenvalue weighted by Gasteiger charge is 2.36. The summed E-state index contributed by atoms with van der Waals surface area (Å²) in [7, 11) is 0. The molecule has 24 heavy (non-hydrogen) atoms. The van der Waals surface area contributed by atoms with Crippen LogP contribution in [0.25, 0.3) is 0 Å². The van der Waals surface area contributed by atoms with E-state index in [9.17, 15) is 9.59 Å². The lowest BCUT2D eigenvalue weighted by Gasteiger charge is -2.22. The van der Waals surface area contributed by atoms with E-state index in [4.69, 9.17) is 9.47 Å². The van der Waals surface area contributed by atoms with E-state index in [-0.39, 0.29) is 11.9 Å². The number of unbranched alkanes of at least 4 members (excludes halogenated alkanes) is 1. The lowest BCUT2D eigenvalue weighted by molar-refractivity contribution is -0.147. The topological polar surface area (TPSA) is 55.8 Å². The zero-order valence-corrected chi connectivity index (χ0v) is 15.1. The number of nitrogens with zero attached hydrogens (tertiary/aromatic N) is 1. The number of amides is 1. The van der Waals surface area contributed by atoms with E-state index in [1.54, 1.807) is 40.9 Å². The van der Waals surface area contributed by atoms with Crippen LogP contribution in [0.3, 0.4) is 0 Å². The fourth-order valence-electron chi connectivity index (χ4n) is 2.33. The van der Waals surface area contributed by atoms with Crippen LogP contribution < -0.4 is 4.74 Å². The Hall–Kier alpha value is -1.69. The zero-order valence-electron chi connectivity index (χ0n) is 14.3. The molecule has 1 amide bonds. The van der Waals surface area contributed by atoms with Crippen LogP contribution in [-0.2, 0) is 9.53 Å². The molecule has 1 aromatic rings. The van der Waals surface area contributed by atoms with Gasteiger partial charge in [-0.25, -0.2) is 4.79 Å². The molecule has 1 saturated heterocycles. The van der Waals surface area contributed by atoms with Crippen molar-refractivity contribution in [1.29, 1.82) is 0 Å². The molecule has 1 unspecified atom stereocenters. The van der Waals surface area contributed by atoms with Crippen molar-refractivity contribution in [2.45, 2.75) is 39.2 Å². The van der Waals surface area contributed by atoms with Crippen LogP contribution in [0.4, 0.5) is 0 Å². The summed E-state index contributed by atoms with van der Waals surface area (Å²) >= 11 is 1.57. The highest BCUT2D eigenvalue weighted by Crippen LogP contribution is 2.25. The van der Waals surface area contributed by atoms with Gasteiger partial charge >= 0.3 is 5.97 Å². The van der Waals surface area contributed by atoms with Gasteiger partial charge in [0.2, 0.25) is 0 Å². The van der Waals surface area contributed by atoms with Crippen molar-refractivity contribution >= 4 is 23.6 Å². The van der Waals surface area contributed by atoms with E-state index in [1.807, 2.05) is 6.92 Å². The molecular formula is C18H25NO4S. The van der Waals surface area contributed by atoms with Crippen molar-refractivity contribution < 1.29 is 19.1 Å². The predicted molar refractivity (Wildman–Crippen MR) is 95.4 cm³/mol. The van der Waals surface area contributed by atoms with Crippen LogP contribution in [0.2, 0.25) is 0 Å². The number of ether oxygens (including phenoxy) is 2. The average Bonchev–Trinajstić information content (AvgIpc) is 3.09.